The fraction of sp³-hybridized carbons (Fsp3) is 0.0476. The Morgan fingerprint density at radius 2 is 1.36 bits per heavy atom. The monoisotopic (exact) mass is 411 g/mol. The number of carbonyl (C=O) groups is 2. The van der Waals surface area contributed by atoms with Crippen LogP contribution in [0.4, 0.5) is 21.9 Å². The van der Waals surface area contributed by atoms with Crippen LogP contribution in [0.2, 0.25) is 5.02 Å². The van der Waals surface area contributed by atoms with Gasteiger partial charge in [0.25, 0.3) is 0 Å². The number of hydrogen-bond donors (Lipinski definition) is 3. The largest absolute Gasteiger partial charge is 0.325 e. The van der Waals surface area contributed by atoms with Crippen molar-refractivity contribution in [3.8, 4) is 0 Å². The molecule has 3 rings (SSSR count). The van der Waals surface area contributed by atoms with E-state index in [1.54, 1.807) is 48.5 Å². The first-order valence-corrected chi connectivity index (χ1v) is 9.86. The second-order valence-corrected chi connectivity index (χ2v) is 7.30. The summed E-state index contributed by atoms with van der Waals surface area (Å²) in [5, 5.41) is 8.98. The molecule has 0 radical (unpaired) electrons. The lowest BCUT2D eigenvalue weighted by molar-refractivity contribution is -0.113. The fourth-order valence-corrected chi connectivity index (χ4v) is 3.19. The summed E-state index contributed by atoms with van der Waals surface area (Å²) in [6, 6.07) is 23.1. The van der Waals surface area contributed by atoms with Crippen LogP contribution in [-0.2, 0) is 4.79 Å². The Morgan fingerprint density at radius 1 is 0.750 bits per heavy atom. The number of urea groups is 1. The summed E-state index contributed by atoms with van der Waals surface area (Å²) in [6.45, 7) is 0. The van der Waals surface area contributed by atoms with Crippen molar-refractivity contribution in [3.05, 3.63) is 83.9 Å². The summed E-state index contributed by atoms with van der Waals surface area (Å²) in [7, 11) is 0. The van der Waals surface area contributed by atoms with Gasteiger partial charge in [0.1, 0.15) is 0 Å². The van der Waals surface area contributed by atoms with E-state index < -0.39 is 0 Å². The number of amides is 3. The smallest absolute Gasteiger partial charge is 0.323 e. The fourth-order valence-electron chi connectivity index (χ4n) is 2.37. The molecule has 7 heteroatoms. The number of halogens is 1. The number of hydrogen-bond acceptors (Lipinski definition) is 3. The van der Waals surface area contributed by atoms with Crippen LogP contribution in [0.3, 0.4) is 0 Å². The maximum atomic E-state index is 12.2. The third-order valence-corrected chi connectivity index (χ3v) is 4.88. The zero-order chi connectivity index (χ0) is 19.8. The first-order chi connectivity index (χ1) is 13.6. The van der Waals surface area contributed by atoms with Crippen molar-refractivity contribution >= 4 is 52.4 Å². The predicted molar refractivity (Wildman–Crippen MR) is 116 cm³/mol. The van der Waals surface area contributed by atoms with E-state index in [4.69, 9.17) is 11.6 Å². The van der Waals surface area contributed by atoms with E-state index >= 15 is 0 Å². The minimum absolute atomic E-state index is 0.133. The van der Waals surface area contributed by atoms with Crippen molar-refractivity contribution in [2.45, 2.75) is 4.90 Å². The Hall–Kier alpha value is -2.96. The summed E-state index contributed by atoms with van der Waals surface area (Å²) < 4.78 is 0. The first kappa shape index (κ1) is 19.8. The van der Waals surface area contributed by atoms with Crippen LogP contribution in [-0.4, -0.2) is 17.7 Å². The number of nitrogens with one attached hydrogen (secondary N) is 3. The molecule has 3 N–H and O–H groups in total. The number of anilines is 3. The zero-order valence-electron chi connectivity index (χ0n) is 14.8. The van der Waals surface area contributed by atoms with E-state index in [9.17, 15) is 9.59 Å². The van der Waals surface area contributed by atoms with Gasteiger partial charge in [-0.25, -0.2) is 4.79 Å². The Kier molecular flexibility index (Phi) is 6.94. The third-order valence-electron chi connectivity index (χ3n) is 3.62. The van der Waals surface area contributed by atoms with Crippen LogP contribution in [0.25, 0.3) is 0 Å². The van der Waals surface area contributed by atoms with Gasteiger partial charge < -0.3 is 16.0 Å². The summed E-state index contributed by atoms with van der Waals surface area (Å²) >= 11 is 7.28. The van der Waals surface area contributed by atoms with Crippen LogP contribution in [0.1, 0.15) is 0 Å². The van der Waals surface area contributed by atoms with E-state index in [-0.39, 0.29) is 17.7 Å². The molecule has 3 amide bonds. The van der Waals surface area contributed by atoms with Crippen molar-refractivity contribution in [1.82, 2.24) is 0 Å². The predicted octanol–water partition coefficient (Wildman–Crippen LogP) is 5.71. The molecule has 0 aliphatic rings. The molecule has 0 heterocycles. The van der Waals surface area contributed by atoms with Gasteiger partial charge >= 0.3 is 6.03 Å². The van der Waals surface area contributed by atoms with Crippen molar-refractivity contribution in [2.24, 2.45) is 0 Å². The molecule has 0 aromatic heterocycles. The minimum atomic E-state index is -0.354. The highest BCUT2D eigenvalue weighted by Gasteiger charge is 2.06. The highest BCUT2D eigenvalue weighted by atomic mass is 35.5. The molecule has 0 bridgehead atoms. The molecule has 0 fully saturated rings. The van der Waals surface area contributed by atoms with Crippen molar-refractivity contribution in [1.29, 1.82) is 0 Å². The summed E-state index contributed by atoms with van der Waals surface area (Å²) in [4.78, 5) is 25.2. The Morgan fingerprint density at radius 3 is 2.07 bits per heavy atom. The average Bonchev–Trinajstić information content (AvgIpc) is 2.68. The Balaban J connectivity index is 1.51. The van der Waals surface area contributed by atoms with Gasteiger partial charge in [0.15, 0.2) is 0 Å². The molecule has 3 aromatic carbocycles. The lowest BCUT2D eigenvalue weighted by Gasteiger charge is -2.10. The molecule has 0 saturated carbocycles. The normalized spacial score (nSPS) is 10.2. The van der Waals surface area contributed by atoms with Gasteiger partial charge in [-0.3, -0.25) is 4.79 Å². The highest BCUT2D eigenvalue weighted by molar-refractivity contribution is 8.00. The molecular formula is C21H18ClN3O2S. The van der Waals surface area contributed by atoms with E-state index in [1.165, 1.54) is 11.8 Å². The number of thioether (sulfide) groups is 1. The van der Waals surface area contributed by atoms with Gasteiger partial charge in [-0.1, -0.05) is 35.9 Å². The lowest BCUT2D eigenvalue weighted by atomic mass is 10.2. The third kappa shape index (κ3) is 6.33. The van der Waals surface area contributed by atoms with Gasteiger partial charge in [0.05, 0.1) is 5.75 Å². The number of benzene rings is 3. The summed E-state index contributed by atoms with van der Waals surface area (Å²) in [6.07, 6.45) is 0. The highest BCUT2D eigenvalue weighted by Crippen LogP contribution is 2.21. The molecule has 0 spiro atoms. The van der Waals surface area contributed by atoms with Gasteiger partial charge in [-0.15, -0.1) is 11.8 Å². The molecule has 0 aliphatic heterocycles. The van der Waals surface area contributed by atoms with Crippen LogP contribution in [0.5, 0.6) is 0 Å². The Bertz CT molecular complexity index is 949. The van der Waals surface area contributed by atoms with E-state index in [2.05, 4.69) is 16.0 Å². The zero-order valence-corrected chi connectivity index (χ0v) is 16.4. The SMILES string of the molecule is O=C(CSc1ccc(Cl)cc1)Nc1cccc(NC(=O)Nc2ccccc2)c1. The van der Waals surface area contributed by atoms with Crippen LogP contribution >= 0.6 is 23.4 Å². The molecule has 28 heavy (non-hydrogen) atoms. The Labute approximate surface area is 172 Å². The molecule has 3 aromatic rings. The number of rotatable bonds is 6. The molecule has 0 saturated heterocycles. The van der Waals surface area contributed by atoms with Crippen LogP contribution in [0.15, 0.2) is 83.8 Å². The van der Waals surface area contributed by atoms with Crippen molar-refractivity contribution in [2.75, 3.05) is 21.7 Å². The standard InChI is InChI=1S/C21H18ClN3O2S/c22-15-9-11-19(12-10-15)28-14-20(26)23-17-7-4-8-18(13-17)25-21(27)24-16-5-2-1-3-6-16/h1-13H,14H2,(H,23,26)(H2,24,25,27). The first-order valence-electron chi connectivity index (χ1n) is 8.50. The maximum absolute atomic E-state index is 12.2. The maximum Gasteiger partial charge on any atom is 0.323 e. The lowest BCUT2D eigenvalue weighted by Crippen LogP contribution is -2.19. The summed E-state index contributed by atoms with van der Waals surface area (Å²) in [5.74, 6) is 0.138. The van der Waals surface area contributed by atoms with Crippen LogP contribution in [0, 0.1) is 0 Å². The van der Waals surface area contributed by atoms with Crippen molar-refractivity contribution in [3.63, 3.8) is 0 Å². The van der Waals surface area contributed by atoms with Gasteiger partial charge in [0.2, 0.25) is 5.91 Å². The molecule has 5 nitrogen and oxygen atoms in total. The molecular weight excluding hydrogens is 394 g/mol. The molecule has 0 aliphatic carbocycles. The van der Waals surface area contributed by atoms with E-state index in [1.807, 2.05) is 30.3 Å². The van der Waals surface area contributed by atoms with E-state index in [0.717, 1.165) is 4.90 Å². The second kappa shape index (κ2) is 9.82. The van der Waals surface area contributed by atoms with Crippen LogP contribution < -0.4 is 16.0 Å². The molecule has 0 unspecified atom stereocenters. The quantitative estimate of drug-likeness (QED) is 0.454. The molecule has 0 atom stereocenters. The summed E-state index contributed by atoms with van der Waals surface area (Å²) in [5.41, 5.74) is 1.89. The van der Waals surface area contributed by atoms with Gasteiger partial charge in [0, 0.05) is 27.0 Å². The van der Waals surface area contributed by atoms with E-state index in [0.29, 0.717) is 22.1 Å². The molecule has 142 valence electrons. The van der Waals surface area contributed by atoms with Crippen molar-refractivity contribution < 1.29 is 9.59 Å². The van der Waals surface area contributed by atoms with Gasteiger partial charge in [-0.2, -0.15) is 0 Å². The second-order valence-electron chi connectivity index (χ2n) is 5.82. The minimum Gasteiger partial charge on any atom is -0.325 e. The van der Waals surface area contributed by atoms with Gasteiger partial charge in [-0.05, 0) is 54.6 Å². The topological polar surface area (TPSA) is 70.2 Å². The average molecular weight is 412 g/mol. The number of para-hydroxylation sites is 1. The number of carbonyl (C=O) groups excluding carboxylic acids is 2.